The van der Waals surface area contributed by atoms with Crippen molar-refractivity contribution < 1.29 is 4.74 Å². The number of benzene rings is 2. The Hall–Kier alpha value is -1.48. The summed E-state index contributed by atoms with van der Waals surface area (Å²) in [5.41, 5.74) is 2.35. The molecule has 0 amide bonds. The number of hydrogen-bond acceptors (Lipinski definition) is 2. The van der Waals surface area contributed by atoms with E-state index >= 15 is 0 Å². The van der Waals surface area contributed by atoms with Crippen LogP contribution in [-0.4, -0.2) is 7.11 Å². The normalized spacial score (nSPS) is 12.2. The zero-order valence-corrected chi connectivity index (χ0v) is 13.6. The topological polar surface area (TPSA) is 21.3 Å². The lowest BCUT2D eigenvalue weighted by atomic mass is 9.96. The summed E-state index contributed by atoms with van der Waals surface area (Å²) >= 11 is 3.52. The van der Waals surface area contributed by atoms with Gasteiger partial charge < -0.3 is 10.1 Å². The number of rotatable bonds is 5. The minimum absolute atomic E-state index is 0.273. The van der Waals surface area contributed by atoms with E-state index in [-0.39, 0.29) is 6.04 Å². The summed E-state index contributed by atoms with van der Waals surface area (Å²) in [7, 11) is 1.68. The molecule has 0 radical (unpaired) electrons. The fourth-order valence-electron chi connectivity index (χ4n) is 2.24. The van der Waals surface area contributed by atoms with E-state index in [1.165, 1.54) is 5.56 Å². The van der Waals surface area contributed by atoms with Gasteiger partial charge in [0.25, 0.3) is 0 Å². The van der Waals surface area contributed by atoms with Gasteiger partial charge in [-0.25, -0.2) is 0 Å². The molecule has 0 aliphatic carbocycles. The maximum atomic E-state index is 5.31. The lowest BCUT2D eigenvalue weighted by Gasteiger charge is -2.24. The van der Waals surface area contributed by atoms with E-state index in [1.807, 2.05) is 18.2 Å². The molecule has 0 saturated carbocycles. The third kappa shape index (κ3) is 3.76. The Bertz CT molecular complexity index is 554. The molecule has 0 saturated heterocycles. The first-order chi connectivity index (χ1) is 9.60. The molecular formula is C17H20BrNO. The van der Waals surface area contributed by atoms with E-state index < -0.39 is 0 Å². The van der Waals surface area contributed by atoms with Gasteiger partial charge in [0.2, 0.25) is 0 Å². The van der Waals surface area contributed by atoms with Crippen LogP contribution in [0, 0.1) is 5.92 Å². The monoisotopic (exact) mass is 333 g/mol. The molecule has 1 unspecified atom stereocenters. The minimum Gasteiger partial charge on any atom is -0.497 e. The van der Waals surface area contributed by atoms with Crippen molar-refractivity contribution >= 4 is 21.6 Å². The molecule has 0 heterocycles. The second-order valence-corrected chi connectivity index (χ2v) is 6.07. The lowest BCUT2D eigenvalue weighted by Crippen LogP contribution is -2.16. The Balaban J connectivity index is 2.27. The summed E-state index contributed by atoms with van der Waals surface area (Å²) < 4.78 is 6.32. The van der Waals surface area contributed by atoms with Gasteiger partial charge in [-0.05, 0) is 23.6 Å². The van der Waals surface area contributed by atoms with E-state index in [0.717, 1.165) is 15.9 Å². The van der Waals surface area contributed by atoms with Crippen LogP contribution in [0.5, 0.6) is 5.75 Å². The molecule has 3 heteroatoms. The van der Waals surface area contributed by atoms with Crippen LogP contribution in [0.25, 0.3) is 0 Å². The summed E-state index contributed by atoms with van der Waals surface area (Å²) in [6, 6.07) is 16.8. The Morgan fingerprint density at radius 2 is 1.75 bits per heavy atom. The van der Waals surface area contributed by atoms with Crippen molar-refractivity contribution in [2.24, 2.45) is 5.92 Å². The SMILES string of the molecule is COc1cc(Br)cc(NC(c2ccccc2)C(C)C)c1. The molecule has 0 aromatic heterocycles. The van der Waals surface area contributed by atoms with Crippen LogP contribution in [0.4, 0.5) is 5.69 Å². The van der Waals surface area contributed by atoms with Crippen LogP contribution in [0.1, 0.15) is 25.5 Å². The van der Waals surface area contributed by atoms with Crippen LogP contribution in [-0.2, 0) is 0 Å². The van der Waals surface area contributed by atoms with Gasteiger partial charge in [-0.1, -0.05) is 60.1 Å². The third-order valence-electron chi connectivity index (χ3n) is 3.25. The van der Waals surface area contributed by atoms with Crippen molar-refractivity contribution in [3.63, 3.8) is 0 Å². The molecule has 0 aliphatic heterocycles. The first kappa shape index (κ1) is 14.9. The molecule has 2 rings (SSSR count). The molecule has 2 aromatic rings. The summed E-state index contributed by atoms with van der Waals surface area (Å²) in [6.45, 7) is 4.44. The molecule has 106 valence electrons. The zero-order chi connectivity index (χ0) is 14.5. The highest BCUT2D eigenvalue weighted by Crippen LogP contribution is 2.30. The molecule has 1 N–H and O–H groups in total. The Labute approximate surface area is 129 Å². The van der Waals surface area contributed by atoms with Crippen molar-refractivity contribution in [2.75, 3.05) is 12.4 Å². The number of ether oxygens (including phenoxy) is 1. The molecule has 0 fully saturated rings. The van der Waals surface area contributed by atoms with E-state index in [9.17, 15) is 0 Å². The van der Waals surface area contributed by atoms with Gasteiger partial charge in [0.15, 0.2) is 0 Å². The van der Waals surface area contributed by atoms with Crippen LogP contribution >= 0.6 is 15.9 Å². The zero-order valence-electron chi connectivity index (χ0n) is 12.1. The highest BCUT2D eigenvalue weighted by molar-refractivity contribution is 9.10. The standard InChI is InChI=1S/C17H20BrNO/c1-12(2)17(13-7-5-4-6-8-13)19-15-9-14(18)10-16(11-15)20-3/h4-12,17,19H,1-3H3. The number of hydrogen-bond donors (Lipinski definition) is 1. The van der Waals surface area contributed by atoms with E-state index in [0.29, 0.717) is 5.92 Å². The largest absolute Gasteiger partial charge is 0.497 e. The van der Waals surface area contributed by atoms with Crippen molar-refractivity contribution in [1.82, 2.24) is 0 Å². The first-order valence-electron chi connectivity index (χ1n) is 6.76. The van der Waals surface area contributed by atoms with Crippen molar-refractivity contribution in [3.8, 4) is 5.75 Å². The van der Waals surface area contributed by atoms with Crippen LogP contribution in [0.3, 0.4) is 0 Å². The summed E-state index contributed by atoms with van der Waals surface area (Å²) in [5.74, 6) is 1.33. The fourth-order valence-corrected chi connectivity index (χ4v) is 2.71. The van der Waals surface area contributed by atoms with Gasteiger partial charge >= 0.3 is 0 Å². The molecule has 20 heavy (non-hydrogen) atoms. The van der Waals surface area contributed by atoms with Crippen LogP contribution in [0.2, 0.25) is 0 Å². The number of nitrogens with one attached hydrogen (secondary N) is 1. The molecule has 2 nitrogen and oxygen atoms in total. The van der Waals surface area contributed by atoms with Gasteiger partial charge in [-0.15, -0.1) is 0 Å². The summed E-state index contributed by atoms with van der Waals surface area (Å²) in [5, 5.41) is 3.60. The van der Waals surface area contributed by atoms with Gasteiger partial charge in [-0.2, -0.15) is 0 Å². The molecule has 0 bridgehead atoms. The predicted octanol–water partition coefficient (Wildman–Crippen LogP) is 5.27. The smallest absolute Gasteiger partial charge is 0.122 e. The fraction of sp³-hybridized carbons (Fsp3) is 0.294. The molecule has 1 atom stereocenters. The molecular weight excluding hydrogens is 314 g/mol. The Morgan fingerprint density at radius 3 is 2.35 bits per heavy atom. The molecule has 0 aliphatic rings. The van der Waals surface area contributed by atoms with Gasteiger partial charge in [-0.3, -0.25) is 0 Å². The lowest BCUT2D eigenvalue weighted by molar-refractivity contribution is 0.414. The van der Waals surface area contributed by atoms with Crippen LogP contribution in [0.15, 0.2) is 53.0 Å². The number of anilines is 1. The minimum atomic E-state index is 0.273. The van der Waals surface area contributed by atoms with Crippen LogP contribution < -0.4 is 10.1 Å². The van der Waals surface area contributed by atoms with E-state index in [1.54, 1.807) is 7.11 Å². The number of halogens is 1. The highest BCUT2D eigenvalue weighted by atomic mass is 79.9. The van der Waals surface area contributed by atoms with Crippen molar-refractivity contribution in [1.29, 1.82) is 0 Å². The second-order valence-electron chi connectivity index (χ2n) is 5.16. The molecule has 2 aromatic carbocycles. The van der Waals surface area contributed by atoms with E-state index in [2.05, 4.69) is 65.4 Å². The second kappa shape index (κ2) is 6.80. The Morgan fingerprint density at radius 1 is 1.05 bits per heavy atom. The third-order valence-corrected chi connectivity index (χ3v) is 3.71. The Kier molecular flexibility index (Phi) is 5.07. The van der Waals surface area contributed by atoms with Crippen molar-refractivity contribution in [2.45, 2.75) is 19.9 Å². The van der Waals surface area contributed by atoms with Crippen molar-refractivity contribution in [3.05, 3.63) is 58.6 Å². The average molecular weight is 334 g/mol. The van der Waals surface area contributed by atoms with Gasteiger partial charge in [0.05, 0.1) is 13.2 Å². The predicted molar refractivity (Wildman–Crippen MR) is 88.3 cm³/mol. The molecule has 0 spiro atoms. The summed E-state index contributed by atoms with van der Waals surface area (Å²) in [4.78, 5) is 0. The first-order valence-corrected chi connectivity index (χ1v) is 7.55. The maximum Gasteiger partial charge on any atom is 0.122 e. The number of methoxy groups -OCH3 is 1. The van der Waals surface area contributed by atoms with Gasteiger partial charge in [0.1, 0.15) is 5.75 Å². The quantitative estimate of drug-likeness (QED) is 0.804. The maximum absolute atomic E-state index is 5.31. The summed E-state index contributed by atoms with van der Waals surface area (Å²) in [6.07, 6.45) is 0. The highest BCUT2D eigenvalue weighted by Gasteiger charge is 2.15. The average Bonchev–Trinajstić information content (AvgIpc) is 2.44. The van der Waals surface area contributed by atoms with Gasteiger partial charge in [0, 0.05) is 16.2 Å². The van der Waals surface area contributed by atoms with E-state index in [4.69, 9.17) is 4.74 Å².